The molecule has 0 spiro atoms. The molecule has 5 nitrogen and oxygen atoms in total. The molecule has 0 saturated heterocycles. The molecule has 0 aliphatic carbocycles. The van der Waals surface area contributed by atoms with Crippen LogP contribution in [0.5, 0.6) is 0 Å². The molecule has 0 saturated carbocycles. The van der Waals surface area contributed by atoms with Crippen LogP contribution in [0.25, 0.3) is 0 Å². The Hall–Kier alpha value is -2.11. The maximum Gasteiger partial charge on any atom is 0.339 e. The standard InChI is InChI=1S/C16H14Cl2N2O3/c1-9-3-4-12(17)8-13(9)20-15(21)10(2)23-16(22)11-5-6-19-14(18)7-11/h3-8,10H,1-2H3,(H,20,21). The zero-order valence-corrected chi connectivity index (χ0v) is 14.0. The third-order valence-corrected chi connectivity index (χ3v) is 3.51. The van der Waals surface area contributed by atoms with Gasteiger partial charge in [0.1, 0.15) is 5.15 Å². The Morgan fingerprint density at radius 3 is 2.65 bits per heavy atom. The number of carbonyl (C=O) groups excluding carboxylic acids is 2. The summed E-state index contributed by atoms with van der Waals surface area (Å²) >= 11 is 11.6. The van der Waals surface area contributed by atoms with E-state index in [0.29, 0.717) is 10.7 Å². The third-order valence-electron chi connectivity index (χ3n) is 3.07. The van der Waals surface area contributed by atoms with Gasteiger partial charge in [-0.15, -0.1) is 0 Å². The summed E-state index contributed by atoms with van der Waals surface area (Å²) in [6, 6.07) is 7.97. The highest BCUT2D eigenvalue weighted by Gasteiger charge is 2.20. The number of amides is 1. The fraction of sp³-hybridized carbons (Fsp3) is 0.188. The average Bonchev–Trinajstić information content (AvgIpc) is 2.50. The second-order valence-corrected chi connectivity index (χ2v) is 5.69. The quantitative estimate of drug-likeness (QED) is 0.669. The molecule has 2 aromatic rings. The van der Waals surface area contributed by atoms with Gasteiger partial charge in [0.05, 0.1) is 5.56 Å². The Balaban J connectivity index is 2.02. The predicted molar refractivity (Wildman–Crippen MR) is 88.9 cm³/mol. The van der Waals surface area contributed by atoms with Gasteiger partial charge in [0.25, 0.3) is 5.91 Å². The normalized spacial score (nSPS) is 11.7. The number of aryl methyl sites for hydroxylation is 1. The fourth-order valence-corrected chi connectivity index (χ4v) is 2.12. The first kappa shape index (κ1) is 17.2. The fourth-order valence-electron chi connectivity index (χ4n) is 1.77. The average molecular weight is 353 g/mol. The Morgan fingerprint density at radius 1 is 1.22 bits per heavy atom. The number of pyridine rings is 1. The third kappa shape index (κ3) is 4.68. The molecule has 2 rings (SSSR count). The lowest BCUT2D eigenvalue weighted by molar-refractivity contribution is -0.123. The number of carbonyl (C=O) groups is 2. The summed E-state index contributed by atoms with van der Waals surface area (Å²) < 4.78 is 5.13. The van der Waals surface area contributed by atoms with Crippen molar-refractivity contribution in [1.29, 1.82) is 0 Å². The van der Waals surface area contributed by atoms with E-state index in [9.17, 15) is 9.59 Å². The van der Waals surface area contributed by atoms with Crippen LogP contribution in [-0.2, 0) is 9.53 Å². The van der Waals surface area contributed by atoms with E-state index in [1.807, 2.05) is 6.92 Å². The Bertz CT molecular complexity index is 750. The molecule has 1 unspecified atom stereocenters. The number of nitrogens with zero attached hydrogens (tertiary/aromatic N) is 1. The van der Waals surface area contributed by atoms with Crippen LogP contribution < -0.4 is 5.32 Å². The van der Waals surface area contributed by atoms with Crippen molar-refractivity contribution in [2.75, 3.05) is 5.32 Å². The van der Waals surface area contributed by atoms with Crippen LogP contribution in [-0.4, -0.2) is 23.0 Å². The topological polar surface area (TPSA) is 68.3 Å². The first-order chi connectivity index (χ1) is 10.9. The summed E-state index contributed by atoms with van der Waals surface area (Å²) in [7, 11) is 0. The van der Waals surface area contributed by atoms with Gasteiger partial charge in [-0.25, -0.2) is 9.78 Å². The van der Waals surface area contributed by atoms with Crippen molar-refractivity contribution in [2.24, 2.45) is 0 Å². The zero-order chi connectivity index (χ0) is 17.0. The minimum Gasteiger partial charge on any atom is -0.449 e. The van der Waals surface area contributed by atoms with Crippen LogP contribution in [0.1, 0.15) is 22.8 Å². The zero-order valence-electron chi connectivity index (χ0n) is 12.5. The summed E-state index contributed by atoms with van der Waals surface area (Å²) in [5, 5.41) is 3.35. The van der Waals surface area contributed by atoms with Gasteiger partial charge in [-0.05, 0) is 43.7 Å². The highest BCUT2D eigenvalue weighted by molar-refractivity contribution is 6.31. The highest BCUT2D eigenvalue weighted by atomic mass is 35.5. The predicted octanol–water partition coefficient (Wildman–Crippen LogP) is 3.88. The van der Waals surface area contributed by atoms with Crippen molar-refractivity contribution in [2.45, 2.75) is 20.0 Å². The number of benzene rings is 1. The molecule has 1 atom stereocenters. The number of esters is 1. The SMILES string of the molecule is Cc1ccc(Cl)cc1NC(=O)C(C)OC(=O)c1ccnc(Cl)c1. The molecular formula is C16H14Cl2N2O3. The van der Waals surface area contributed by atoms with Crippen molar-refractivity contribution < 1.29 is 14.3 Å². The Labute approximate surface area is 143 Å². The number of hydrogen-bond acceptors (Lipinski definition) is 4. The van der Waals surface area contributed by atoms with Crippen LogP contribution in [0.15, 0.2) is 36.5 Å². The van der Waals surface area contributed by atoms with Gasteiger partial charge in [-0.1, -0.05) is 29.3 Å². The number of ether oxygens (including phenoxy) is 1. The molecule has 0 bridgehead atoms. The number of anilines is 1. The van der Waals surface area contributed by atoms with Crippen LogP contribution in [0.3, 0.4) is 0 Å². The smallest absolute Gasteiger partial charge is 0.339 e. The Morgan fingerprint density at radius 2 is 1.96 bits per heavy atom. The minimum absolute atomic E-state index is 0.172. The summed E-state index contributed by atoms with van der Waals surface area (Å²) in [6.07, 6.45) is 0.409. The van der Waals surface area contributed by atoms with Crippen molar-refractivity contribution in [3.8, 4) is 0 Å². The van der Waals surface area contributed by atoms with E-state index in [1.54, 1.807) is 18.2 Å². The lowest BCUT2D eigenvalue weighted by atomic mass is 10.2. The molecule has 1 aromatic carbocycles. The van der Waals surface area contributed by atoms with Gasteiger partial charge in [0, 0.05) is 16.9 Å². The molecule has 0 aliphatic heterocycles. The van der Waals surface area contributed by atoms with Gasteiger partial charge in [0.2, 0.25) is 0 Å². The first-order valence-electron chi connectivity index (χ1n) is 6.76. The van der Waals surface area contributed by atoms with Gasteiger partial charge < -0.3 is 10.1 Å². The first-order valence-corrected chi connectivity index (χ1v) is 7.52. The number of hydrogen-bond donors (Lipinski definition) is 1. The van der Waals surface area contributed by atoms with Crippen LogP contribution in [0.2, 0.25) is 10.2 Å². The largest absolute Gasteiger partial charge is 0.449 e. The lowest BCUT2D eigenvalue weighted by Crippen LogP contribution is -2.30. The summed E-state index contributed by atoms with van der Waals surface area (Å²) in [6.45, 7) is 3.32. The summed E-state index contributed by atoms with van der Waals surface area (Å²) in [5.74, 6) is -1.11. The van der Waals surface area contributed by atoms with E-state index in [2.05, 4.69) is 10.3 Å². The van der Waals surface area contributed by atoms with Crippen molar-refractivity contribution in [3.63, 3.8) is 0 Å². The molecule has 0 fully saturated rings. The number of rotatable bonds is 4. The van der Waals surface area contributed by atoms with E-state index in [4.69, 9.17) is 27.9 Å². The lowest BCUT2D eigenvalue weighted by Gasteiger charge is -2.15. The highest BCUT2D eigenvalue weighted by Crippen LogP contribution is 2.20. The molecule has 7 heteroatoms. The Kier molecular flexibility index (Phi) is 5.58. The van der Waals surface area contributed by atoms with E-state index in [1.165, 1.54) is 25.3 Å². The van der Waals surface area contributed by atoms with Crippen molar-refractivity contribution in [1.82, 2.24) is 4.98 Å². The van der Waals surface area contributed by atoms with Crippen LogP contribution in [0.4, 0.5) is 5.69 Å². The van der Waals surface area contributed by atoms with Crippen LogP contribution in [0, 0.1) is 6.92 Å². The molecule has 1 aromatic heterocycles. The van der Waals surface area contributed by atoms with Gasteiger partial charge in [0.15, 0.2) is 6.10 Å². The molecule has 1 heterocycles. The van der Waals surface area contributed by atoms with E-state index < -0.39 is 18.0 Å². The summed E-state index contributed by atoms with van der Waals surface area (Å²) in [5.41, 5.74) is 1.64. The van der Waals surface area contributed by atoms with Gasteiger partial charge in [-0.3, -0.25) is 4.79 Å². The van der Waals surface area contributed by atoms with Crippen molar-refractivity contribution >= 4 is 40.8 Å². The molecule has 120 valence electrons. The van der Waals surface area contributed by atoms with Crippen LogP contribution >= 0.6 is 23.2 Å². The number of aromatic nitrogens is 1. The minimum atomic E-state index is -0.979. The second-order valence-electron chi connectivity index (χ2n) is 4.86. The molecule has 0 radical (unpaired) electrons. The molecule has 23 heavy (non-hydrogen) atoms. The molecule has 0 aliphatic rings. The van der Waals surface area contributed by atoms with Gasteiger partial charge in [-0.2, -0.15) is 0 Å². The van der Waals surface area contributed by atoms with E-state index in [-0.39, 0.29) is 10.7 Å². The molecular weight excluding hydrogens is 339 g/mol. The monoisotopic (exact) mass is 352 g/mol. The molecule has 1 N–H and O–H groups in total. The number of halogens is 2. The summed E-state index contributed by atoms with van der Waals surface area (Å²) in [4.78, 5) is 27.9. The maximum absolute atomic E-state index is 12.1. The molecule has 1 amide bonds. The second kappa shape index (κ2) is 7.44. The van der Waals surface area contributed by atoms with E-state index in [0.717, 1.165) is 5.56 Å². The van der Waals surface area contributed by atoms with E-state index >= 15 is 0 Å². The van der Waals surface area contributed by atoms with Gasteiger partial charge >= 0.3 is 5.97 Å². The number of nitrogens with one attached hydrogen (secondary N) is 1. The maximum atomic E-state index is 12.1. The van der Waals surface area contributed by atoms with Crippen molar-refractivity contribution in [3.05, 3.63) is 57.8 Å².